The van der Waals surface area contributed by atoms with E-state index in [0.717, 1.165) is 5.56 Å². The summed E-state index contributed by atoms with van der Waals surface area (Å²) in [6.07, 6.45) is 0. The standard InChI is InChI=1S/C15H12Cl3NO3/c1-22-14-12(17)4-8(5-13(14)18)7-19-9-2-3-11(16)10(6-9)15(20)21/h2-6,19H,7H2,1H3,(H,20,21). The van der Waals surface area contributed by atoms with Crippen molar-refractivity contribution < 1.29 is 14.6 Å². The van der Waals surface area contributed by atoms with Crippen LogP contribution in [0.1, 0.15) is 15.9 Å². The van der Waals surface area contributed by atoms with Gasteiger partial charge in [-0.2, -0.15) is 0 Å². The number of hydrogen-bond donors (Lipinski definition) is 2. The molecule has 0 bridgehead atoms. The van der Waals surface area contributed by atoms with Crippen molar-refractivity contribution in [3.05, 3.63) is 56.5 Å². The summed E-state index contributed by atoms with van der Waals surface area (Å²) in [6, 6.07) is 8.15. The minimum absolute atomic E-state index is 0.0393. The van der Waals surface area contributed by atoms with Gasteiger partial charge in [-0.05, 0) is 35.9 Å². The monoisotopic (exact) mass is 359 g/mol. The number of benzene rings is 2. The lowest BCUT2D eigenvalue weighted by Gasteiger charge is -2.11. The molecule has 2 N–H and O–H groups in total. The number of rotatable bonds is 5. The van der Waals surface area contributed by atoms with Gasteiger partial charge in [0.05, 0.1) is 27.7 Å². The number of aromatic carboxylic acids is 1. The molecule has 0 heterocycles. The third-order valence-electron chi connectivity index (χ3n) is 2.96. The topological polar surface area (TPSA) is 58.6 Å². The van der Waals surface area contributed by atoms with E-state index in [2.05, 4.69) is 5.32 Å². The molecule has 0 aliphatic rings. The molecule has 2 rings (SSSR count). The van der Waals surface area contributed by atoms with Crippen LogP contribution < -0.4 is 10.1 Å². The maximum Gasteiger partial charge on any atom is 0.337 e. The van der Waals surface area contributed by atoms with E-state index < -0.39 is 5.97 Å². The Bertz CT molecular complexity index is 696. The number of halogens is 3. The molecule has 0 aliphatic heterocycles. The van der Waals surface area contributed by atoms with Crippen molar-refractivity contribution in [1.29, 1.82) is 0 Å². The predicted octanol–water partition coefficient (Wildman–Crippen LogP) is 4.97. The highest BCUT2D eigenvalue weighted by molar-refractivity contribution is 6.37. The third-order valence-corrected chi connectivity index (χ3v) is 3.85. The fraction of sp³-hybridized carbons (Fsp3) is 0.133. The van der Waals surface area contributed by atoms with Crippen LogP contribution in [0.4, 0.5) is 5.69 Å². The maximum absolute atomic E-state index is 11.0. The van der Waals surface area contributed by atoms with Crippen LogP contribution in [0.2, 0.25) is 15.1 Å². The molecule has 0 saturated carbocycles. The summed E-state index contributed by atoms with van der Waals surface area (Å²) < 4.78 is 5.08. The summed E-state index contributed by atoms with van der Waals surface area (Å²) in [6.45, 7) is 0.421. The van der Waals surface area contributed by atoms with Crippen LogP contribution in [0.25, 0.3) is 0 Å². The Kier molecular flexibility index (Phi) is 5.40. The van der Waals surface area contributed by atoms with E-state index in [4.69, 9.17) is 44.6 Å². The summed E-state index contributed by atoms with van der Waals surface area (Å²) in [5.74, 6) is -0.657. The first-order chi connectivity index (χ1) is 10.4. The number of anilines is 1. The number of carboxylic acids is 1. The minimum atomic E-state index is -1.08. The molecule has 4 nitrogen and oxygen atoms in total. The van der Waals surface area contributed by atoms with Gasteiger partial charge in [-0.25, -0.2) is 4.79 Å². The van der Waals surface area contributed by atoms with Crippen molar-refractivity contribution in [3.63, 3.8) is 0 Å². The average Bonchev–Trinajstić information content (AvgIpc) is 2.46. The highest BCUT2D eigenvalue weighted by Gasteiger charge is 2.11. The fourth-order valence-electron chi connectivity index (χ4n) is 1.91. The molecule has 0 radical (unpaired) electrons. The molecule has 0 unspecified atom stereocenters. The maximum atomic E-state index is 11.0. The van der Waals surface area contributed by atoms with Gasteiger partial charge in [-0.15, -0.1) is 0 Å². The SMILES string of the molecule is COc1c(Cl)cc(CNc2ccc(Cl)c(C(=O)O)c2)cc1Cl. The van der Waals surface area contributed by atoms with Crippen LogP contribution >= 0.6 is 34.8 Å². The van der Waals surface area contributed by atoms with Gasteiger partial charge in [0.15, 0.2) is 5.75 Å². The molecule has 7 heteroatoms. The van der Waals surface area contributed by atoms with Crippen LogP contribution in [0, 0.1) is 0 Å². The Labute approximate surface area is 142 Å². The predicted molar refractivity (Wildman–Crippen MR) is 88.8 cm³/mol. The van der Waals surface area contributed by atoms with Crippen molar-refractivity contribution in [2.45, 2.75) is 6.54 Å². The van der Waals surface area contributed by atoms with Crippen LogP contribution in [0.5, 0.6) is 5.75 Å². The van der Waals surface area contributed by atoms with E-state index in [9.17, 15) is 4.79 Å². The van der Waals surface area contributed by atoms with E-state index in [1.165, 1.54) is 19.2 Å². The van der Waals surface area contributed by atoms with Crippen LogP contribution in [-0.4, -0.2) is 18.2 Å². The fourth-order valence-corrected chi connectivity index (χ4v) is 2.80. The Morgan fingerprint density at radius 3 is 2.32 bits per heavy atom. The number of nitrogens with one attached hydrogen (secondary N) is 1. The molecular formula is C15H12Cl3NO3. The molecule has 0 amide bonds. The zero-order valence-corrected chi connectivity index (χ0v) is 13.8. The summed E-state index contributed by atoms with van der Waals surface area (Å²) in [7, 11) is 1.49. The van der Waals surface area contributed by atoms with Gasteiger partial charge < -0.3 is 15.2 Å². The summed E-state index contributed by atoms with van der Waals surface area (Å²) >= 11 is 18.0. The summed E-state index contributed by atoms with van der Waals surface area (Å²) in [5.41, 5.74) is 1.50. The molecule has 116 valence electrons. The number of carbonyl (C=O) groups is 1. The third kappa shape index (κ3) is 3.77. The molecule has 0 atom stereocenters. The Balaban J connectivity index is 2.17. The lowest BCUT2D eigenvalue weighted by molar-refractivity contribution is 0.0697. The molecule has 2 aromatic carbocycles. The second-order valence-corrected chi connectivity index (χ2v) is 5.67. The Hall–Kier alpha value is -1.62. The van der Waals surface area contributed by atoms with E-state index in [1.807, 2.05) is 0 Å². The van der Waals surface area contributed by atoms with Gasteiger partial charge in [-0.1, -0.05) is 34.8 Å². The molecule has 0 fully saturated rings. The summed E-state index contributed by atoms with van der Waals surface area (Å²) in [5, 5.41) is 13.2. The van der Waals surface area contributed by atoms with Crippen molar-refractivity contribution in [2.24, 2.45) is 0 Å². The smallest absolute Gasteiger partial charge is 0.337 e. The first kappa shape index (κ1) is 16.7. The molecule has 0 aromatic heterocycles. The van der Waals surface area contributed by atoms with E-state index in [-0.39, 0.29) is 10.6 Å². The van der Waals surface area contributed by atoms with Gasteiger partial charge in [0.2, 0.25) is 0 Å². The first-order valence-corrected chi connectivity index (χ1v) is 7.34. The largest absolute Gasteiger partial charge is 0.494 e. The van der Waals surface area contributed by atoms with Gasteiger partial charge in [-0.3, -0.25) is 0 Å². The van der Waals surface area contributed by atoms with Crippen molar-refractivity contribution in [2.75, 3.05) is 12.4 Å². The highest BCUT2D eigenvalue weighted by atomic mass is 35.5. The molecule has 0 saturated heterocycles. The van der Waals surface area contributed by atoms with Crippen LogP contribution in [0.3, 0.4) is 0 Å². The molecular weight excluding hydrogens is 349 g/mol. The Morgan fingerprint density at radius 2 is 1.77 bits per heavy atom. The van der Waals surface area contributed by atoms with Crippen LogP contribution in [0.15, 0.2) is 30.3 Å². The van der Waals surface area contributed by atoms with Gasteiger partial charge >= 0.3 is 5.97 Å². The quantitative estimate of drug-likeness (QED) is 0.790. The average molecular weight is 361 g/mol. The second-order valence-electron chi connectivity index (χ2n) is 4.45. The number of carboxylic acid groups (broad SMARTS) is 1. The van der Waals surface area contributed by atoms with E-state index in [1.54, 1.807) is 18.2 Å². The number of methoxy groups -OCH3 is 1. The minimum Gasteiger partial charge on any atom is -0.494 e. The van der Waals surface area contributed by atoms with Gasteiger partial charge in [0.1, 0.15) is 0 Å². The van der Waals surface area contributed by atoms with Crippen molar-refractivity contribution >= 4 is 46.5 Å². The van der Waals surface area contributed by atoms with Crippen molar-refractivity contribution in [3.8, 4) is 5.75 Å². The normalized spacial score (nSPS) is 10.4. The summed E-state index contributed by atoms with van der Waals surface area (Å²) in [4.78, 5) is 11.0. The lowest BCUT2D eigenvalue weighted by Crippen LogP contribution is -2.03. The zero-order valence-electron chi connectivity index (χ0n) is 11.5. The van der Waals surface area contributed by atoms with Crippen LogP contribution in [-0.2, 0) is 6.54 Å². The molecule has 0 aliphatic carbocycles. The van der Waals surface area contributed by atoms with Gasteiger partial charge in [0.25, 0.3) is 0 Å². The first-order valence-electron chi connectivity index (χ1n) is 6.21. The highest BCUT2D eigenvalue weighted by Crippen LogP contribution is 2.34. The Morgan fingerprint density at radius 1 is 1.14 bits per heavy atom. The van der Waals surface area contributed by atoms with Gasteiger partial charge in [0, 0.05) is 12.2 Å². The molecule has 22 heavy (non-hydrogen) atoms. The second kappa shape index (κ2) is 7.09. The number of hydrogen-bond acceptors (Lipinski definition) is 3. The van der Waals surface area contributed by atoms with Crippen molar-refractivity contribution in [1.82, 2.24) is 0 Å². The number of ether oxygens (including phenoxy) is 1. The van der Waals surface area contributed by atoms with E-state index >= 15 is 0 Å². The molecule has 0 spiro atoms. The van der Waals surface area contributed by atoms with E-state index in [0.29, 0.717) is 28.0 Å². The molecule has 2 aromatic rings. The lowest BCUT2D eigenvalue weighted by atomic mass is 10.1. The zero-order chi connectivity index (χ0) is 16.3.